The van der Waals surface area contributed by atoms with Gasteiger partial charge in [-0.2, -0.15) is 0 Å². The highest BCUT2D eigenvalue weighted by Gasteiger charge is 2.24. The van der Waals surface area contributed by atoms with E-state index in [9.17, 15) is 4.39 Å². The first-order valence-corrected chi connectivity index (χ1v) is 7.92. The standard InChI is InChI=1S/C16H24ClFN2/c1-3-8-20-9-4-5-13(11-20)12(2)19-16-10-14(17)6-7-15(16)18/h6-7,10,12-13,19H,3-5,8-9,11H2,1-2H3. The second-order valence-electron chi connectivity index (χ2n) is 5.76. The lowest BCUT2D eigenvalue weighted by molar-refractivity contribution is 0.165. The van der Waals surface area contributed by atoms with Crippen LogP contribution >= 0.6 is 11.6 Å². The Morgan fingerprint density at radius 3 is 3.05 bits per heavy atom. The third-order valence-electron chi connectivity index (χ3n) is 4.10. The molecule has 1 heterocycles. The van der Waals surface area contributed by atoms with Crippen LogP contribution in [0.15, 0.2) is 18.2 Å². The van der Waals surface area contributed by atoms with E-state index in [1.54, 1.807) is 12.1 Å². The van der Waals surface area contributed by atoms with Crippen LogP contribution in [-0.2, 0) is 0 Å². The average Bonchev–Trinajstić information content (AvgIpc) is 2.43. The molecule has 2 nitrogen and oxygen atoms in total. The molecule has 1 N–H and O–H groups in total. The molecule has 1 aliphatic rings. The number of hydrogen-bond donors (Lipinski definition) is 1. The molecule has 1 aromatic carbocycles. The Labute approximate surface area is 126 Å². The molecule has 2 atom stereocenters. The zero-order valence-electron chi connectivity index (χ0n) is 12.3. The summed E-state index contributed by atoms with van der Waals surface area (Å²) in [6, 6.07) is 4.92. The molecule has 2 unspecified atom stereocenters. The first-order chi connectivity index (χ1) is 9.60. The molecule has 0 spiro atoms. The van der Waals surface area contributed by atoms with Gasteiger partial charge in [0.25, 0.3) is 0 Å². The van der Waals surface area contributed by atoms with E-state index in [2.05, 4.69) is 24.1 Å². The summed E-state index contributed by atoms with van der Waals surface area (Å²) in [7, 11) is 0. The van der Waals surface area contributed by atoms with Crippen molar-refractivity contribution < 1.29 is 4.39 Å². The Hall–Kier alpha value is -0.800. The van der Waals surface area contributed by atoms with Crippen molar-refractivity contribution in [1.29, 1.82) is 0 Å². The predicted molar refractivity (Wildman–Crippen MR) is 83.9 cm³/mol. The van der Waals surface area contributed by atoms with Crippen LogP contribution in [0.4, 0.5) is 10.1 Å². The molecule has 0 saturated carbocycles. The van der Waals surface area contributed by atoms with Gasteiger partial charge in [0.2, 0.25) is 0 Å². The molecule has 0 amide bonds. The topological polar surface area (TPSA) is 15.3 Å². The monoisotopic (exact) mass is 298 g/mol. The van der Waals surface area contributed by atoms with Gasteiger partial charge in [0.1, 0.15) is 5.82 Å². The zero-order valence-corrected chi connectivity index (χ0v) is 13.1. The van der Waals surface area contributed by atoms with Crippen LogP contribution in [-0.4, -0.2) is 30.6 Å². The predicted octanol–water partition coefficient (Wildman–Crippen LogP) is 4.40. The maximum atomic E-state index is 13.8. The van der Waals surface area contributed by atoms with E-state index in [0.717, 1.165) is 13.1 Å². The SMILES string of the molecule is CCCN1CCCC(C(C)Nc2cc(Cl)ccc2F)C1. The second-order valence-corrected chi connectivity index (χ2v) is 6.20. The largest absolute Gasteiger partial charge is 0.380 e. The summed E-state index contributed by atoms with van der Waals surface area (Å²) in [4.78, 5) is 2.51. The third kappa shape index (κ3) is 4.10. The van der Waals surface area contributed by atoms with Gasteiger partial charge in [-0.05, 0) is 63.4 Å². The fourth-order valence-corrected chi connectivity index (χ4v) is 3.16. The van der Waals surface area contributed by atoms with Gasteiger partial charge in [0.05, 0.1) is 5.69 Å². The van der Waals surface area contributed by atoms with Gasteiger partial charge >= 0.3 is 0 Å². The lowest BCUT2D eigenvalue weighted by Crippen LogP contribution is -2.42. The molecule has 0 bridgehead atoms. The second kappa shape index (κ2) is 7.28. The maximum Gasteiger partial charge on any atom is 0.146 e. The minimum Gasteiger partial charge on any atom is -0.380 e. The fraction of sp³-hybridized carbons (Fsp3) is 0.625. The van der Waals surface area contributed by atoms with Crippen LogP contribution in [0, 0.1) is 11.7 Å². The molecule has 1 saturated heterocycles. The molecule has 1 aromatic rings. The lowest BCUT2D eigenvalue weighted by atomic mass is 9.91. The van der Waals surface area contributed by atoms with Crippen molar-refractivity contribution in [2.75, 3.05) is 25.0 Å². The van der Waals surface area contributed by atoms with Crippen LogP contribution in [0.2, 0.25) is 5.02 Å². The molecular weight excluding hydrogens is 275 g/mol. The molecule has 20 heavy (non-hydrogen) atoms. The molecule has 0 aromatic heterocycles. The van der Waals surface area contributed by atoms with Crippen LogP contribution < -0.4 is 5.32 Å². The van der Waals surface area contributed by atoms with Crippen molar-refractivity contribution in [3.63, 3.8) is 0 Å². The van der Waals surface area contributed by atoms with Gasteiger partial charge in [-0.15, -0.1) is 0 Å². The minimum absolute atomic E-state index is 0.234. The summed E-state index contributed by atoms with van der Waals surface area (Å²) >= 11 is 5.94. The molecule has 0 aliphatic carbocycles. The number of piperidine rings is 1. The van der Waals surface area contributed by atoms with Gasteiger partial charge in [-0.3, -0.25) is 0 Å². The number of nitrogens with zero attached hydrogens (tertiary/aromatic N) is 1. The van der Waals surface area contributed by atoms with Gasteiger partial charge < -0.3 is 10.2 Å². The molecule has 0 radical (unpaired) electrons. The van der Waals surface area contributed by atoms with E-state index >= 15 is 0 Å². The summed E-state index contributed by atoms with van der Waals surface area (Å²) in [6.45, 7) is 7.81. The number of hydrogen-bond acceptors (Lipinski definition) is 2. The Bertz CT molecular complexity index is 436. The van der Waals surface area contributed by atoms with Crippen molar-refractivity contribution in [3.8, 4) is 0 Å². The van der Waals surface area contributed by atoms with Crippen molar-refractivity contribution >= 4 is 17.3 Å². The third-order valence-corrected chi connectivity index (χ3v) is 4.34. The number of rotatable bonds is 5. The Morgan fingerprint density at radius 1 is 1.50 bits per heavy atom. The van der Waals surface area contributed by atoms with Crippen molar-refractivity contribution in [1.82, 2.24) is 4.90 Å². The highest BCUT2D eigenvalue weighted by molar-refractivity contribution is 6.30. The highest BCUT2D eigenvalue weighted by atomic mass is 35.5. The van der Waals surface area contributed by atoms with Crippen molar-refractivity contribution in [2.45, 2.75) is 39.2 Å². The Kier molecular flexibility index (Phi) is 5.67. The number of nitrogens with one attached hydrogen (secondary N) is 1. The summed E-state index contributed by atoms with van der Waals surface area (Å²) in [5.41, 5.74) is 0.512. The lowest BCUT2D eigenvalue weighted by Gasteiger charge is -2.36. The summed E-state index contributed by atoms with van der Waals surface area (Å²) < 4.78 is 13.8. The van der Waals surface area contributed by atoms with E-state index in [-0.39, 0.29) is 11.9 Å². The Balaban J connectivity index is 1.96. The molecule has 1 fully saturated rings. The highest BCUT2D eigenvalue weighted by Crippen LogP contribution is 2.25. The molecule has 112 valence electrons. The van der Waals surface area contributed by atoms with E-state index in [1.807, 2.05) is 0 Å². The first-order valence-electron chi connectivity index (χ1n) is 7.54. The number of anilines is 1. The van der Waals surface area contributed by atoms with Crippen LogP contribution in [0.1, 0.15) is 33.1 Å². The van der Waals surface area contributed by atoms with Crippen LogP contribution in [0.25, 0.3) is 0 Å². The molecule has 1 aliphatic heterocycles. The van der Waals surface area contributed by atoms with Gasteiger partial charge in [-0.25, -0.2) is 4.39 Å². The van der Waals surface area contributed by atoms with E-state index in [4.69, 9.17) is 11.6 Å². The normalized spacial score (nSPS) is 21.7. The van der Waals surface area contributed by atoms with Crippen molar-refractivity contribution in [2.24, 2.45) is 5.92 Å². The van der Waals surface area contributed by atoms with Gasteiger partial charge in [-0.1, -0.05) is 18.5 Å². The maximum absolute atomic E-state index is 13.8. The zero-order chi connectivity index (χ0) is 14.5. The molecular formula is C16H24ClFN2. The average molecular weight is 299 g/mol. The Morgan fingerprint density at radius 2 is 2.30 bits per heavy atom. The summed E-state index contributed by atoms with van der Waals surface area (Å²) in [6.07, 6.45) is 3.63. The quantitative estimate of drug-likeness (QED) is 0.866. The number of halogens is 2. The molecule has 4 heteroatoms. The van der Waals surface area contributed by atoms with E-state index in [0.29, 0.717) is 16.6 Å². The summed E-state index contributed by atoms with van der Waals surface area (Å²) in [5.74, 6) is 0.330. The van der Waals surface area contributed by atoms with Gasteiger partial charge in [0.15, 0.2) is 0 Å². The fourth-order valence-electron chi connectivity index (χ4n) is 2.99. The number of benzene rings is 1. The molecule has 2 rings (SSSR count). The van der Waals surface area contributed by atoms with E-state index < -0.39 is 0 Å². The smallest absolute Gasteiger partial charge is 0.146 e. The van der Waals surface area contributed by atoms with E-state index in [1.165, 1.54) is 31.9 Å². The van der Waals surface area contributed by atoms with Crippen LogP contribution in [0.3, 0.4) is 0 Å². The van der Waals surface area contributed by atoms with Crippen molar-refractivity contribution in [3.05, 3.63) is 29.0 Å². The first kappa shape index (κ1) is 15.6. The minimum atomic E-state index is -0.234. The number of likely N-dealkylation sites (tertiary alicyclic amines) is 1. The van der Waals surface area contributed by atoms with Gasteiger partial charge in [0, 0.05) is 17.6 Å². The summed E-state index contributed by atoms with van der Waals surface area (Å²) in [5, 5.41) is 3.86. The van der Waals surface area contributed by atoms with Crippen LogP contribution in [0.5, 0.6) is 0 Å².